The fourth-order valence-electron chi connectivity index (χ4n) is 5.09. The second-order valence-electron chi connectivity index (χ2n) is 10.5. The van der Waals surface area contributed by atoms with E-state index in [0.717, 1.165) is 24.4 Å². The van der Waals surface area contributed by atoms with Crippen molar-refractivity contribution in [2.75, 3.05) is 58.7 Å². The molecule has 1 aromatic heterocycles. The Morgan fingerprint density at radius 3 is 2.42 bits per heavy atom. The maximum Gasteiger partial charge on any atom is 0.243 e. The van der Waals surface area contributed by atoms with E-state index in [4.69, 9.17) is 9.26 Å². The number of methoxy groups -OCH3 is 1. The highest BCUT2D eigenvalue weighted by Crippen LogP contribution is 2.27. The molecular weight excluding hydrogens is 532 g/mol. The zero-order valence-corrected chi connectivity index (χ0v) is 24.0. The summed E-state index contributed by atoms with van der Waals surface area (Å²) < 4.78 is 38.8. The molecular formula is C28H36N6O5S. The van der Waals surface area contributed by atoms with Crippen molar-refractivity contribution in [3.05, 3.63) is 53.9 Å². The quantitative estimate of drug-likeness (QED) is 0.437. The summed E-state index contributed by atoms with van der Waals surface area (Å²) >= 11 is 0. The lowest BCUT2D eigenvalue weighted by Gasteiger charge is -2.32. The SMILES string of the molecule is COc1ccc(-c2noc(CN3CCC(C(=O)Nc4ccc(C)c(S(=O)(=O)N5CCN(C)CC5)c4)CC3)n2)cc1. The van der Waals surface area contributed by atoms with Gasteiger partial charge in [-0.05, 0) is 81.9 Å². The molecule has 2 saturated heterocycles. The van der Waals surface area contributed by atoms with Crippen molar-refractivity contribution in [2.24, 2.45) is 5.92 Å². The van der Waals surface area contributed by atoms with Crippen molar-refractivity contribution in [2.45, 2.75) is 31.2 Å². The fraction of sp³-hybridized carbons (Fsp3) is 0.464. The lowest BCUT2D eigenvalue weighted by atomic mass is 9.96. The van der Waals surface area contributed by atoms with Gasteiger partial charge in [0.2, 0.25) is 27.6 Å². The number of nitrogens with zero attached hydrogens (tertiary/aromatic N) is 5. The summed E-state index contributed by atoms with van der Waals surface area (Å²) in [6.45, 7) is 6.05. The van der Waals surface area contributed by atoms with Gasteiger partial charge in [-0.25, -0.2) is 8.42 Å². The molecule has 2 fully saturated rings. The summed E-state index contributed by atoms with van der Waals surface area (Å²) in [5, 5.41) is 7.05. The molecule has 12 heteroatoms. The summed E-state index contributed by atoms with van der Waals surface area (Å²) in [6.07, 6.45) is 1.37. The first-order valence-electron chi connectivity index (χ1n) is 13.5. The van der Waals surface area contributed by atoms with Gasteiger partial charge in [0.15, 0.2) is 0 Å². The minimum Gasteiger partial charge on any atom is -0.497 e. The van der Waals surface area contributed by atoms with Crippen molar-refractivity contribution in [3.8, 4) is 17.1 Å². The Balaban J connectivity index is 1.15. The first-order valence-corrected chi connectivity index (χ1v) is 15.0. The molecule has 11 nitrogen and oxygen atoms in total. The van der Waals surface area contributed by atoms with Crippen molar-refractivity contribution < 1.29 is 22.5 Å². The van der Waals surface area contributed by atoms with Crippen LogP contribution in [-0.4, -0.2) is 92.0 Å². The van der Waals surface area contributed by atoms with Crippen LogP contribution in [0.2, 0.25) is 0 Å². The molecule has 0 bridgehead atoms. The molecule has 2 aliphatic rings. The number of carbonyl (C=O) groups excluding carboxylic acids is 1. The van der Waals surface area contributed by atoms with Gasteiger partial charge in [0, 0.05) is 43.3 Å². The Hall–Kier alpha value is -3.32. The minimum atomic E-state index is -3.63. The topological polar surface area (TPSA) is 121 Å². The van der Waals surface area contributed by atoms with Crippen LogP contribution >= 0.6 is 0 Å². The summed E-state index contributed by atoms with van der Waals surface area (Å²) in [4.78, 5) is 22.2. The first-order chi connectivity index (χ1) is 19.2. The zero-order chi connectivity index (χ0) is 28.3. The van der Waals surface area contributed by atoms with Gasteiger partial charge < -0.3 is 19.5 Å². The molecule has 0 atom stereocenters. The van der Waals surface area contributed by atoms with E-state index in [1.807, 2.05) is 31.3 Å². The average molecular weight is 569 g/mol. The Labute approximate surface area is 235 Å². The van der Waals surface area contributed by atoms with Crippen LogP contribution in [0.1, 0.15) is 24.3 Å². The number of piperidine rings is 1. The maximum atomic E-state index is 13.3. The van der Waals surface area contributed by atoms with Crippen LogP contribution in [0.3, 0.4) is 0 Å². The van der Waals surface area contributed by atoms with E-state index in [1.165, 1.54) is 4.31 Å². The third-order valence-electron chi connectivity index (χ3n) is 7.67. The monoisotopic (exact) mass is 568 g/mol. The average Bonchev–Trinajstić information content (AvgIpc) is 3.43. The van der Waals surface area contributed by atoms with E-state index in [-0.39, 0.29) is 16.7 Å². The van der Waals surface area contributed by atoms with E-state index in [2.05, 4.69) is 25.3 Å². The highest BCUT2D eigenvalue weighted by atomic mass is 32.2. The number of nitrogens with one attached hydrogen (secondary N) is 1. The number of hydrogen-bond acceptors (Lipinski definition) is 9. The molecule has 5 rings (SSSR count). The Morgan fingerprint density at radius 1 is 1.05 bits per heavy atom. The van der Waals surface area contributed by atoms with Crippen LogP contribution in [0.25, 0.3) is 11.4 Å². The normalized spacial score (nSPS) is 18.1. The number of likely N-dealkylation sites (tertiary alicyclic amines) is 1. The molecule has 0 aliphatic carbocycles. The van der Waals surface area contributed by atoms with Crippen LogP contribution in [0.15, 0.2) is 51.9 Å². The van der Waals surface area contributed by atoms with Gasteiger partial charge in [0.25, 0.3) is 0 Å². The van der Waals surface area contributed by atoms with E-state index in [1.54, 1.807) is 32.2 Å². The number of sulfonamides is 1. The number of likely N-dealkylation sites (N-methyl/N-ethyl adjacent to an activating group) is 1. The number of piperazine rings is 1. The van der Waals surface area contributed by atoms with Crippen LogP contribution < -0.4 is 10.1 Å². The summed E-state index contributed by atoms with van der Waals surface area (Å²) in [7, 11) is -0.0251. The molecule has 3 heterocycles. The first kappa shape index (κ1) is 28.2. The summed E-state index contributed by atoms with van der Waals surface area (Å²) in [6, 6.07) is 12.6. The lowest BCUT2D eigenvalue weighted by molar-refractivity contribution is -0.121. The van der Waals surface area contributed by atoms with Gasteiger partial charge in [-0.1, -0.05) is 11.2 Å². The third-order valence-corrected chi connectivity index (χ3v) is 9.71. The molecule has 0 saturated carbocycles. The predicted molar refractivity (Wildman–Crippen MR) is 150 cm³/mol. The molecule has 0 unspecified atom stereocenters. The number of hydrogen-bond donors (Lipinski definition) is 1. The van der Waals surface area contributed by atoms with Crippen molar-refractivity contribution in [1.29, 1.82) is 0 Å². The van der Waals surface area contributed by atoms with Crippen LogP contribution in [-0.2, 0) is 21.4 Å². The van der Waals surface area contributed by atoms with Crippen LogP contribution in [0.4, 0.5) is 5.69 Å². The maximum absolute atomic E-state index is 13.3. The van der Waals surface area contributed by atoms with Gasteiger partial charge in [-0.15, -0.1) is 0 Å². The molecule has 0 spiro atoms. The van der Waals surface area contributed by atoms with Crippen LogP contribution in [0, 0.1) is 12.8 Å². The molecule has 1 N–H and O–H groups in total. The number of rotatable bonds is 8. The highest BCUT2D eigenvalue weighted by Gasteiger charge is 2.30. The molecule has 3 aromatic rings. The summed E-state index contributed by atoms with van der Waals surface area (Å²) in [5.41, 5.74) is 2.02. The number of aryl methyl sites for hydroxylation is 1. The molecule has 214 valence electrons. The number of amides is 1. The standard InChI is InChI=1S/C28H36N6O5S/c1-20-4-7-23(18-25(20)40(36,37)34-16-14-32(2)15-17-34)29-28(35)22-10-12-33(13-11-22)19-26-30-27(31-39-26)21-5-8-24(38-3)9-6-21/h4-9,18,22H,10-17,19H2,1-3H3,(H,29,35). The molecule has 40 heavy (non-hydrogen) atoms. The van der Waals surface area contributed by atoms with Gasteiger partial charge in [0.05, 0.1) is 18.6 Å². The van der Waals surface area contributed by atoms with Gasteiger partial charge in [-0.2, -0.15) is 9.29 Å². The largest absolute Gasteiger partial charge is 0.497 e. The fourth-order valence-corrected chi connectivity index (χ4v) is 6.76. The van der Waals surface area contributed by atoms with Crippen LogP contribution in [0.5, 0.6) is 5.75 Å². The minimum absolute atomic E-state index is 0.0916. The van der Waals surface area contributed by atoms with E-state index in [0.29, 0.717) is 68.5 Å². The number of anilines is 1. The predicted octanol–water partition coefficient (Wildman–Crippen LogP) is 2.84. The Morgan fingerprint density at radius 2 is 1.75 bits per heavy atom. The van der Waals surface area contributed by atoms with Gasteiger partial charge in [0.1, 0.15) is 5.75 Å². The number of carbonyl (C=O) groups is 1. The van der Waals surface area contributed by atoms with E-state index in [9.17, 15) is 13.2 Å². The highest BCUT2D eigenvalue weighted by molar-refractivity contribution is 7.89. The van der Waals surface area contributed by atoms with Gasteiger partial charge >= 0.3 is 0 Å². The molecule has 0 radical (unpaired) electrons. The molecule has 1 amide bonds. The number of aromatic nitrogens is 2. The van der Waals surface area contributed by atoms with E-state index < -0.39 is 10.0 Å². The number of benzene rings is 2. The Bertz CT molecular complexity index is 1430. The smallest absolute Gasteiger partial charge is 0.243 e. The van der Waals surface area contributed by atoms with Crippen molar-refractivity contribution >= 4 is 21.6 Å². The third kappa shape index (κ3) is 6.35. The number of ether oxygens (including phenoxy) is 1. The molecule has 2 aliphatic heterocycles. The van der Waals surface area contributed by atoms with Gasteiger partial charge in [-0.3, -0.25) is 9.69 Å². The second kappa shape index (κ2) is 12.0. The van der Waals surface area contributed by atoms with Crippen molar-refractivity contribution in [3.63, 3.8) is 0 Å². The second-order valence-corrected chi connectivity index (χ2v) is 12.4. The van der Waals surface area contributed by atoms with Crippen molar-refractivity contribution in [1.82, 2.24) is 24.2 Å². The summed E-state index contributed by atoms with van der Waals surface area (Å²) in [5.74, 6) is 1.57. The Kier molecular flexibility index (Phi) is 8.50. The van der Waals surface area contributed by atoms with E-state index >= 15 is 0 Å². The zero-order valence-electron chi connectivity index (χ0n) is 23.2. The molecule has 2 aromatic carbocycles. The lowest BCUT2D eigenvalue weighted by Crippen LogP contribution is -2.47.